The first-order chi connectivity index (χ1) is 12.8. The molecule has 0 saturated heterocycles. The summed E-state index contributed by atoms with van der Waals surface area (Å²) in [5.41, 5.74) is 0.571. The van der Waals surface area contributed by atoms with Gasteiger partial charge in [0, 0.05) is 11.6 Å². The molecule has 1 amide bonds. The Hall–Kier alpha value is -2.37. The van der Waals surface area contributed by atoms with Crippen LogP contribution in [0.25, 0.3) is 0 Å². The maximum absolute atomic E-state index is 12.3. The SMILES string of the molecule is CC(=O)c1ccc(OCC(=O)O[C@H](C)C(=O)N[C@H]2CCC[C@@H](C)[C@H]2C)cc1. The van der Waals surface area contributed by atoms with E-state index in [0.717, 1.165) is 12.8 Å². The van der Waals surface area contributed by atoms with Crippen LogP contribution in [-0.2, 0) is 14.3 Å². The number of nitrogens with one attached hydrogen (secondary N) is 1. The third kappa shape index (κ3) is 6.08. The van der Waals surface area contributed by atoms with Gasteiger partial charge in [-0.15, -0.1) is 0 Å². The van der Waals surface area contributed by atoms with E-state index in [1.165, 1.54) is 13.3 Å². The Bertz CT molecular complexity index is 670. The molecule has 0 aromatic heterocycles. The highest BCUT2D eigenvalue weighted by Gasteiger charge is 2.30. The van der Waals surface area contributed by atoms with Gasteiger partial charge < -0.3 is 14.8 Å². The van der Waals surface area contributed by atoms with E-state index in [2.05, 4.69) is 19.2 Å². The van der Waals surface area contributed by atoms with Gasteiger partial charge in [-0.2, -0.15) is 0 Å². The summed E-state index contributed by atoms with van der Waals surface area (Å²) in [7, 11) is 0. The van der Waals surface area contributed by atoms with E-state index in [1.807, 2.05) is 0 Å². The number of ketones is 1. The first-order valence-corrected chi connectivity index (χ1v) is 9.51. The van der Waals surface area contributed by atoms with Crippen molar-refractivity contribution in [2.24, 2.45) is 11.8 Å². The molecule has 2 rings (SSSR count). The van der Waals surface area contributed by atoms with Crippen LogP contribution in [-0.4, -0.2) is 36.4 Å². The van der Waals surface area contributed by atoms with Crippen molar-refractivity contribution in [2.45, 2.75) is 59.1 Å². The molecule has 1 aromatic carbocycles. The number of rotatable bonds is 7. The Kier molecular flexibility index (Phi) is 7.39. The van der Waals surface area contributed by atoms with Crippen LogP contribution < -0.4 is 10.1 Å². The number of esters is 1. The lowest BCUT2D eigenvalue weighted by molar-refractivity contribution is -0.157. The molecule has 148 valence electrons. The highest BCUT2D eigenvalue weighted by Crippen LogP contribution is 2.29. The van der Waals surface area contributed by atoms with Gasteiger partial charge in [-0.05, 0) is 56.4 Å². The topological polar surface area (TPSA) is 81.7 Å². The number of hydrogen-bond donors (Lipinski definition) is 1. The zero-order valence-electron chi connectivity index (χ0n) is 16.5. The molecule has 0 heterocycles. The van der Waals surface area contributed by atoms with E-state index < -0.39 is 12.1 Å². The number of benzene rings is 1. The van der Waals surface area contributed by atoms with Crippen molar-refractivity contribution in [1.82, 2.24) is 5.32 Å². The zero-order valence-corrected chi connectivity index (χ0v) is 16.5. The molecular formula is C21H29NO5. The lowest BCUT2D eigenvalue weighted by Gasteiger charge is -2.35. The maximum Gasteiger partial charge on any atom is 0.344 e. The maximum atomic E-state index is 12.3. The molecule has 1 aromatic rings. The largest absolute Gasteiger partial charge is 0.482 e. The molecule has 27 heavy (non-hydrogen) atoms. The van der Waals surface area contributed by atoms with E-state index in [1.54, 1.807) is 31.2 Å². The number of Topliss-reactive ketones (excluding diaryl/α,β-unsaturated/α-hetero) is 1. The predicted octanol–water partition coefficient (Wildman–Crippen LogP) is 3.14. The standard InChI is InChI=1S/C21H29NO5/c1-13-6-5-7-19(14(13)2)22-21(25)16(4)27-20(24)12-26-18-10-8-17(9-11-18)15(3)23/h8-11,13-14,16,19H,5-7,12H2,1-4H3,(H,22,25)/t13-,14-,16-,19+/m1/s1. The summed E-state index contributed by atoms with van der Waals surface area (Å²) in [5.74, 6) is 0.511. The van der Waals surface area contributed by atoms with Crippen LogP contribution in [0.3, 0.4) is 0 Å². The van der Waals surface area contributed by atoms with Gasteiger partial charge in [-0.25, -0.2) is 4.79 Å². The van der Waals surface area contributed by atoms with Gasteiger partial charge in [-0.3, -0.25) is 9.59 Å². The minimum Gasteiger partial charge on any atom is -0.482 e. The van der Waals surface area contributed by atoms with Crippen molar-refractivity contribution in [3.63, 3.8) is 0 Å². The summed E-state index contributed by atoms with van der Waals surface area (Å²) in [6.07, 6.45) is 2.37. The molecule has 0 radical (unpaired) electrons. The molecule has 1 N–H and O–H groups in total. The minimum absolute atomic E-state index is 0.0394. The second kappa shape index (κ2) is 9.53. The van der Waals surface area contributed by atoms with E-state index in [0.29, 0.717) is 23.1 Å². The summed E-state index contributed by atoms with van der Waals surface area (Å²) in [6.45, 7) is 7.09. The molecular weight excluding hydrogens is 346 g/mol. The third-order valence-electron chi connectivity index (χ3n) is 5.33. The van der Waals surface area contributed by atoms with Crippen LogP contribution in [0, 0.1) is 11.8 Å². The van der Waals surface area contributed by atoms with Crippen LogP contribution in [0.1, 0.15) is 57.3 Å². The van der Waals surface area contributed by atoms with Crippen molar-refractivity contribution < 1.29 is 23.9 Å². The highest BCUT2D eigenvalue weighted by atomic mass is 16.6. The highest BCUT2D eigenvalue weighted by molar-refractivity contribution is 5.94. The summed E-state index contributed by atoms with van der Waals surface area (Å²) in [4.78, 5) is 35.5. The van der Waals surface area contributed by atoms with Gasteiger partial charge in [0.2, 0.25) is 0 Å². The molecule has 4 atom stereocenters. The molecule has 6 heteroatoms. The van der Waals surface area contributed by atoms with Crippen LogP contribution in [0.15, 0.2) is 24.3 Å². The molecule has 1 fully saturated rings. The zero-order chi connectivity index (χ0) is 20.0. The molecule has 1 saturated carbocycles. The first kappa shape index (κ1) is 20.9. The molecule has 1 aliphatic carbocycles. The van der Waals surface area contributed by atoms with Crippen molar-refractivity contribution in [1.29, 1.82) is 0 Å². The smallest absolute Gasteiger partial charge is 0.344 e. The van der Waals surface area contributed by atoms with E-state index in [-0.39, 0.29) is 24.3 Å². The molecule has 0 spiro atoms. The van der Waals surface area contributed by atoms with Gasteiger partial charge in [0.25, 0.3) is 5.91 Å². The van der Waals surface area contributed by atoms with Crippen molar-refractivity contribution in [2.75, 3.05) is 6.61 Å². The summed E-state index contributed by atoms with van der Waals surface area (Å²) in [6, 6.07) is 6.62. The van der Waals surface area contributed by atoms with Crippen LogP contribution in [0.2, 0.25) is 0 Å². The Morgan fingerprint density at radius 3 is 2.44 bits per heavy atom. The second-order valence-electron chi connectivity index (χ2n) is 7.38. The van der Waals surface area contributed by atoms with Crippen LogP contribution in [0.5, 0.6) is 5.75 Å². The number of carbonyl (C=O) groups excluding carboxylic acids is 3. The summed E-state index contributed by atoms with van der Waals surface area (Å²) >= 11 is 0. The predicted molar refractivity (Wildman–Crippen MR) is 102 cm³/mol. The van der Waals surface area contributed by atoms with E-state index in [9.17, 15) is 14.4 Å². The fourth-order valence-corrected chi connectivity index (χ4v) is 3.30. The normalized spacial score (nSPS) is 23.2. The molecule has 0 aliphatic heterocycles. The molecule has 1 aliphatic rings. The second-order valence-corrected chi connectivity index (χ2v) is 7.38. The Balaban J connectivity index is 1.77. The Morgan fingerprint density at radius 2 is 1.81 bits per heavy atom. The molecule has 0 bridgehead atoms. The lowest BCUT2D eigenvalue weighted by atomic mass is 9.78. The fraction of sp³-hybridized carbons (Fsp3) is 0.571. The number of carbonyl (C=O) groups is 3. The number of ether oxygens (including phenoxy) is 2. The average molecular weight is 375 g/mol. The monoisotopic (exact) mass is 375 g/mol. The minimum atomic E-state index is -0.870. The lowest BCUT2D eigenvalue weighted by Crippen LogP contribution is -2.47. The molecule has 0 unspecified atom stereocenters. The quantitative estimate of drug-likeness (QED) is 0.585. The summed E-state index contributed by atoms with van der Waals surface area (Å²) < 4.78 is 10.5. The van der Waals surface area contributed by atoms with Crippen molar-refractivity contribution in [3.8, 4) is 5.75 Å². The van der Waals surface area contributed by atoms with E-state index in [4.69, 9.17) is 9.47 Å². The Labute approximate surface area is 160 Å². The van der Waals surface area contributed by atoms with E-state index >= 15 is 0 Å². The first-order valence-electron chi connectivity index (χ1n) is 9.51. The van der Waals surface area contributed by atoms with Crippen molar-refractivity contribution in [3.05, 3.63) is 29.8 Å². The van der Waals surface area contributed by atoms with Gasteiger partial charge in [0.15, 0.2) is 18.5 Å². The third-order valence-corrected chi connectivity index (χ3v) is 5.33. The van der Waals surface area contributed by atoms with Gasteiger partial charge in [-0.1, -0.05) is 26.7 Å². The molecule has 6 nitrogen and oxygen atoms in total. The van der Waals surface area contributed by atoms with Gasteiger partial charge >= 0.3 is 5.97 Å². The number of amides is 1. The number of hydrogen-bond acceptors (Lipinski definition) is 5. The Morgan fingerprint density at radius 1 is 1.15 bits per heavy atom. The van der Waals surface area contributed by atoms with Gasteiger partial charge in [0.1, 0.15) is 5.75 Å². The van der Waals surface area contributed by atoms with Gasteiger partial charge in [0.05, 0.1) is 0 Å². The average Bonchev–Trinajstić information content (AvgIpc) is 2.64. The van der Waals surface area contributed by atoms with Crippen LogP contribution in [0.4, 0.5) is 0 Å². The fourth-order valence-electron chi connectivity index (χ4n) is 3.30. The van der Waals surface area contributed by atoms with Crippen LogP contribution >= 0.6 is 0 Å². The summed E-state index contributed by atoms with van der Waals surface area (Å²) in [5, 5.41) is 3.01. The van der Waals surface area contributed by atoms with Crippen molar-refractivity contribution >= 4 is 17.7 Å².